The van der Waals surface area contributed by atoms with Crippen LogP contribution in [0.3, 0.4) is 0 Å². The Bertz CT molecular complexity index is 242. The maximum Gasteiger partial charge on any atom is -0.0623 e. The standard InChI is InChI=1S/C16H16/c1-2-4-6-8-10-12-14-16-15-13-11-9-7-5-3-1/h1-16H/b2-1-,3-1?,4-2?,5-3-,6-4-,7-5?,8-6?,9-7-,10-8-,11-9?,12-10?,13-11+,14-12+,15-13?,16-14?,16-15-. The molecule has 0 nitrogen and oxygen atoms in total. The van der Waals surface area contributed by atoms with Gasteiger partial charge in [-0.1, -0.05) is 97.2 Å². The summed E-state index contributed by atoms with van der Waals surface area (Å²) in [6.45, 7) is 0. The van der Waals surface area contributed by atoms with Gasteiger partial charge in [0, 0.05) is 0 Å². The second kappa shape index (κ2) is 9.47. The highest BCUT2D eigenvalue weighted by Crippen LogP contribution is 1.88. The fourth-order valence-corrected chi connectivity index (χ4v) is 1.03. The smallest absolute Gasteiger partial charge is 0.0623 e. The van der Waals surface area contributed by atoms with Crippen LogP contribution >= 0.6 is 0 Å². The third kappa shape index (κ3) is 7.34. The van der Waals surface area contributed by atoms with Crippen molar-refractivity contribution in [1.82, 2.24) is 0 Å². The van der Waals surface area contributed by atoms with Crippen LogP contribution in [-0.4, -0.2) is 0 Å². The first kappa shape index (κ1) is 12.0. The largest absolute Gasteiger partial charge is 0.0623 e. The fourth-order valence-electron chi connectivity index (χ4n) is 1.03. The molecule has 0 spiro atoms. The van der Waals surface area contributed by atoms with Crippen LogP contribution in [0.4, 0.5) is 0 Å². The molecule has 0 saturated heterocycles. The minimum absolute atomic E-state index is 2.00. The molecule has 0 atom stereocenters. The molecule has 1 rings (SSSR count). The zero-order valence-electron chi connectivity index (χ0n) is 9.24. The number of allylic oxidation sites excluding steroid dienone is 16. The lowest BCUT2D eigenvalue weighted by Crippen LogP contribution is -1.55. The lowest BCUT2D eigenvalue weighted by molar-refractivity contribution is 1.81. The minimum atomic E-state index is 2.00. The van der Waals surface area contributed by atoms with E-state index in [0.29, 0.717) is 0 Å². The van der Waals surface area contributed by atoms with Gasteiger partial charge in [0.2, 0.25) is 0 Å². The van der Waals surface area contributed by atoms with Crippen LogP contribution in [0.25, 0.3) is 0 Å². The highest BCUT2D eigenvalue weighted by Gasteiger charge is 1.66. The first-order valence-corrected chi connectivity index (χ1v) is 5.33. The molecule has 0 amide bonds. The van der Waals surface area contributed by atoms with E-state index in [2.05, 4.69) is 0 Å². The molecule has 0 bridgehead atoms. The average molecular weight is 208 g/mol. The van der Waals surface area contributed by atoms with E-state index < -0.39 is 0 Å². The highest BCUT2D eigenvalue weighted by atomic mass is 13.7. The Morgan fingerprint density at radius 3 is 0.250 bits per heavy atom. The van der Waals surface area contributed by atoms with E-state index in [1.807, 2.05) is 97.2 Å². The van der Waals surface area contributed by atoms with Crippen molar-refractivity contribution < 1.29 is 0 Å². The lowest BCUT2D eigenvalue weighted by Gasteiger charge is -1.77. The molecule has 0 heteroatoms. The zero-order chi connectivity index (χ0) is 11.3. The van der Waals surface area contributed by atoms with Crippen molar-refractivity contribution in [2.24, 2.45) is 0 Å². The van der Waals surface area contributed by atoms with Gasteiger partial charge in [-0.3, -0.25) is 0 Å². The van der Waals surface area contributed by atoms with Gasteiger partial charge in [-0.05, 0) is 0 Å². The lowest BCUT2D eigenvalue weighted by atomic mass is 10.3. The van der Waals surface area contributed by atoms with E-state index >= 15 is 0 Å². The first-order valence-electron chi connectivity index (χ1n) is 5.33. The van der Waals surface area contributed by atoms with Crippen LogP contribution in [0.2, 0.25) is 0 Å². The summed E-state index contributed by atoms with van der Waals surface area (Å²) in [7, 11) is 0. The quantitative estimate of drug-likeness (QED) is 0.551. The molecule has 0 radical (unpaired) electrons. The molecular weight excluding hydrogens is 192 g/mol. The Morgan fingerprint density at radius 1 is 0.125 bits per heavy atom. The van der Waals surface area contributed by atoms with Gasteiger partial charge in [-0.2, -0.15) is 0 Å². The van der Waals surface area contributed by atoms with Gasteiger partial charge in [0.15, 0.2) is 0 Å². The van der Waals surface area contributed by atoms with E-state index in [0.717, 1.165) is 0 Å². The minimum Gasteiger partial charge on any atom is -0.0623 e. The molecule has 16 heavy (non-hydrogen) atoms. The van der Waals surface area contributed by atoms with Gasteiger partial charge < -0.3 is 0 Å². The van der Waals surface area contributed by atoms with Gasteiger partial charge in [0.1, 0.15) is 0 Å². The Balaban J connectivity index is 2.67. The van der Waals surface area contributed by atoms with E-state index in [-0.39, 0.29) is 0 Å². The average Bonchev–Trinajstić information content (AvgIpc) is 2.29. The predicted octanol–water partition coefficient (Wildman–Crippen LogP) is 4.45. The third-order valence-corrected chi connectivity index (χ3v) is 1.78. The topological polar surface area (TPSA) is 0 Å². The summed E-state index contributed by atoms with van der Waals surface area (Å²) in [5.74, 6) is 0. The molecule has 0 aromatic carbocycles. The van der Waals surface area contributed by atoms with Crippen LogP contribution in [0.1, 0.15) is 0 Å². The molecular formula is C16H16. The normalized spacial score (nSPS) is 32.0. The van der Waals surface area contributed by atoms with Gasteiger partial charge >= 0.3 is 0 Å². The third-order valence-electron chi connectivity index (χ3n) is 1.78. The second-order valence-electron chi connectivity index (χ2n) is 3.08. The molecule has 0 aliphatic heterocycles. The Kier molecular flexibility index (Phi) is 7.10. The molecule has 0 fully saturated rings. The Morgan fingerprint density at radius 2 is 0.188 bits per heavy atom. The van der Waals surface area contributed by atoms with E-state index in [1.54, 1.807) is 0 Å². The van der Waals surface area contributed by atoms with Crippen molar-refractivity contribution in [3.05, 3.63) is 97.2 Å². The van der Waals surface area contributed by atoms with Crippen molar-refractivity contribution in [1.29, 1.82) is 0 Å². The molecule has 0 saturated carbocycles. The van der Waals surface area contributed by atoms with Crippen LogP contribution in [0.15, 0.2) is 97.2 Å². The van der Waals surface area contributed by atoms with Crippen LogP contribution in [0.5, 0.6) is 0 Å². The zero-order valence-corrected chi connectivity index (χ0v) is 9.24. The number of rotatable bonds is 0. The molecule has 80 valence electrons. The van der Waals surface area contributed by atoms with E-state index in [4.69, 9.17) is 0 Å². The van der Waals surface area contributed by atoms with Crippen molar-refractivity contribution >= 4 is 0 Å². The monoisotopic (exact) mass is 208 g/mol. The highest BCUT2D eigenvalue weighted by molar-refractivity contribution is 5.23. The van der Waals surface area contributed by atoms with Crippen molar-refractivity contribution in [2.45, 2.75) is 0 Å². The van der Waals surface area contributed by atoms with Crippen molar-refractivity contribution in [3.8, 4) is 0 Å². The molecule has 0 unspecified atom stereocenters. The molecule has 1 aliphatic carbocycles. The van der Waals surface area contributed by atoms with Crippen LogP contribution < -0.4 is 0 Å². The summed E-state index contributed by atoms with van der Waals surface area (Å²) in [4.78, 5) is 0. The summed E-state index contributed by atoms with van der Waals surface area (Å²) in [6.07, 6.45) is 32.0. The van der Waals surface area contributed by atoms with Gasteiger partial charge in [-0.25, -0.2) is 0 Å². The van der Waals surface area contributed by atoms with Crippen molar-refractivity contribution in [2.75, 3.05) is 0 Å². The maximum absolute atomic E-state index is 2.00. The number of hydrogen-bond acceptors (Lipinski definition) is 0. The van der Waals surface area contributed by atoms with Crippen molar-refractivity contribution in [3.63, 3.8) is 0 Å². The molecule has 1 aliphatic rings. The Hall–Kier alpha value is -2.08. The van der Waals surface area contributed by atoms with E-state index in [9.17, 15) is 0 Å². The van der Waals surface area contributed by atoms with Gasteiger partial charge in [0.05, 0.1) is 0 Å². The molecule has 0 aromatic rings. The summed E-state index contributed by atoms with van der Waals surface area (Å²) >= 11 is 0. The summed E-state index contributed by atoms with van der Waals surface area (Å²) < 4.78 is 0. The second-order valence-corrected chi connectivity index (χ2v) is 3.08. The van der Waals surface area contributed by atoms with E-state index in [1.165, 1.54) is 0 Å². The molecule has 0 aromatic heterocycles. The predicted molar refractivity (Wildman–Crippen MR) is 73.1 cm³/mol. The molecule has 0 heterocycles. The van der Waals surface area contributed by atoms with Gasteiger partial charge in [-0.15, -0.1) is 0 Å². The summed E-state index contributed by atoms with van der Waals surface area (Å²) in [5, 5.41) is 0. The molecule has 0 N–H and O–H groups in total. The Labute approximate surface area is 97.7 Å². The number of hydrogen-bond donors (Lipinski definition) is 0. The fraction of sp³-hybridized carbons (Fsp3) is 0. The van der Waals surface area contributed by atoms with Gasteiger partial charge in [0.25, 0.3) is 0 Å². The maximum atomic E-state index is 2.00. The SMILES string of the molecule is C1=C\C=C/C=C\C=C\C=C/C=C/C=C\C=C/1. The summed E-state index contributed by atoms with van der Waals surface area (Å²) in [5.41, 5.74) is 0. The first-order chi connectivity index (χ1) is 8.00. The van der Waals surface area contributed by atoms with Crippen LogP contribution in [0, 0.1) is 0 Å². The summed E-state index contributed by atoms with van der Waals surface area (Å²) in [6, 6.07) is 0. The van der Waals surface area contributed by atoms with Crippen LogP contribution in [-0.2, 0) is 0 Å².